The minimum Gasteiger partial charge on any atom is -0.394 e. The van der Waals surface area contributed by atoms with E-state index < -0.39 is 11.9 Å². The number of aliphatic hydroxyl groups excluding tert-OH is 1. The van der Waals surface area contributed by atoms with Gasteiger partial charge in [0.2, 0.25) is 0 Å². The molecule has 0 aliphatic rings. The number of rotatable bonds is 8. The smallest absolute Gasteiger partial charge is 0.315 e. The Balaban J connectivity index is 2.45. The highest BCUT2D eigenvalue weighted by Crippen LogP contribution is 2.20. The van der Waals surface area contributed by atoms with Crippen molar-refractivity contribution in [1.29, 1.82) is 0 Å². The van der Waals surface area contributed by atoms with Crippen LogP contribution in [0.2, 0.25) is 5.02 Å². The van der Waals surface area contributed by atoms with Crippen molar-refractivity contribution in [2.45, 2.75) is 18.9 Å². The van der Waals surface area contributed by atoms with Crippen molar-refractivity contribution >= 4 is 29.4 Å². The zero-order valence-electron chi connectivity index (χ0n) is 11.9. The lowest BCUT2D eigenvalue weighted by molar-refractivity contribution is 0.216. The molecular weight excluding hydrogens is 315 g/mol. The number of nitrogens with one attached hydrogen (secondary N) is 2. The summed E-state index contributed by atoms with van der Waals surface area (Å²) in [5, 5.41) is 14.7. The van der Waals surface area contributed by atoms with Crippen molar-refractivity contribution in [2.75, 3.05) is 25.2 Å². The Labute approximate surface area is 133 Å². The summed E-state index contributed by atoms with van der Waals surface area (Å²) in [7, 11) is 0. The summed E-state index contributed by atoms with van der Waals surface area (Å²) in [5.41, 5.74) is 0.469. The van der Waals surface area contributed by atoms with Crippen molar-refractivity contribution in [1.82, 2.24) is 10.6 Å². The maximum Gasteiger partial charge on any atom is 0.315 e. The first-order chi connectivity index (χ1) is 10.1. The molecule has 7 heteroatoms. The number of urea groups is 1. The lowest BCUT2D eigenvalue weighted by atomic mass is 10.1. The van der Waals surface area contributed by atoms with Gasteiger partial charge in [-0.05, 0) is 42.5 Å². The summed E-state index contributed by atoms with van der Waals surface area (Å²) in [5.74, 6) is 0.485. The zero-order chi connectivity index (χ0) is 15.7. The van der Waals surface area contributed by atoms with Gasteiger partial charge in [0.05, 0.1) is 17.7 Å². The number of amides is 2. The fourth-order valence-corrected chi connectivity index (χ4v) is 2.36. The van der Waals surface area contributed by atoms with Crippen LogP contribution < -0.4 is 10.6 Å². The third-order valence-corrected chi connectivity index (χ3v) is 3.90. The van der Waals surface area contributed by atoms with Crippen LogP contribution in [0.1, 0.15) is 24.4 Å². The predicted octanol–water partition coefficient (Wildman–Crippen LogP) is 2.95. The number of carbonyl (C=O) groups excluding carboxylic acids is 1. The third-order valence-electron chi connectivity index (χ3n) is 2.89. The SMILES string of the molecule is CSCCCCNC(=O)NC(CO)c1ccc(Cl)c(F)c1. The number of hydrogen-bond donors (Lipinski definition) is 3. The molecule has 0 saturated carbocycles. The van der Waals surface area contributed by atoms with Gasteiger partial charge in [-0.25, -0.2) is 9.18 Å². The van der Waals surface area contributed by atoms with E-state index in [1.165, 1.54) is 12.1 Å². The summed E-state index contributed by atoms with van der Waals surface area (Å²) in [6.07, 6.45) is 3.97. The fraction of sp³-hybridized carbons (Fsp3) is 0.500. The Hall–Kier alpha value is -0.980. The average Bonchev–Trinajstić information content (AvgIpc) is 2.47. The molecule has 0 aliphatic carbocycles. The largest absolute Gasteiger partial charge is 0.394 e. The second-order valence-corrected chi connectivity index (χ2v) is 5.90. The molecule has 0 aliphatic heterocycles. The van der Waals surface area contributed by atoms with Gasteiger partial charge in [0.15, 0.2) is 0 Å². The molecule has 1 rings (SSSR count). The topological polar surface area (TPSA) is 61.4 Å². The van der Waals surface area contributed by atoms with Crippen LogP contribution in [0.3, 0.4) is 0 Å². The van der Waals surface area contributed by atoms with E-state index in [0.29, 0.717) is 12.1 Å². The Morgan fingerprint density at radius 3 is 2.86 bits per heavy atom. The van der Waals surface area contributed by atoms with Gasteiger partial charge < -0.3 is 15.7 Å². The van der Waals surface area contributed by atoms with Crippen molar-refractivity contribution < 1.29 is 14.3 Å². The zero-order valence-corrected chi connectivity index (χ0v) is 13.4. The molecule has 1 atom stereocenters. The molecule has 0 heterocycles. The lowest BCUT2D eigenvalue weighted by Gasteiger charge is -2.17. The number of unbranched alkanes of at least 4 members (excludes halogenated alkanes) is 1. The van der Waals surface area contributed by atoms with Gasteiger partial charge in [0.1, 0.15) is 5.82 Å². The Morgan fingerprint density at radius 2 is 2.24 bits per heavy atom. The normalized spacial score (nSPS) is 12.0. The van der Waals surface area contributed by atoms with E-state index in [2.05, 4.69) is 10.6 Å². The molecule has 118 valence electrons. The molecule has 0 fully saturated rings. The first kappa shape index (κ1) is 18.1. The highest BCUT2D eigenvalue weighted by Gasteiger charge is 2.14. The fourth-order valence-electron chi connectivity index (χ4n) is 1.75. The molecule has 3 N–H and O–H groups in total. The van der Waals surface area contributed by atoms with E-state index in [9.17, 15) is 14.3 Å². The molecule has 1 aromatic carbocycles. The molecule has 1 aromatic rings. The quantitative estimate of drug-likeness (QED) is 0.640. The molecule has 1 unspecified atom stereocenters. The summed E-state index contributed by atoms with van der Waals surface area (Å²) in [4.78, 5) is 11.7. The van der Waals surface area contributed by atoms with Gasteiger partial charge in [-0.2, -0.15) is 11.8 Å². The number of benzene rings is 1. The van der Waals surface area contributed by atoms with Crippen LogP contribution in [-0.2, 0) is 0 Å². The monoisotopic (exact) mass is 334 g/mol. The van der Waals surface area contributed by atoms with Crippen LogP contribution in [0.5, 0.6) is 0 Å². The van der Waals surface area contributed by atoms with Crippen molar-refractivity contribution in [3.05, 3.63) is 34.6 Å². The molecule has 0 bridgehead atoms. The van der Waals surface area contributed by atoms with Crippen LogP contribution in [-0.4, -0.2) is 36.3 Å². The summed E-state index contributed by atoms with van der Waals surface area (Å²) in [6, 6.07) is 3.14. The van der Waals surface area contributed by atoms with Crippen molar-refractivity contribution in [3.63, 3.8) is 0 Å². The highest BCUT2D eigenvalue weighted by atomic mass is 35.5. The van der Waals surface area contributed by atoms with E-state index in [4.69, 9.17) is 11.6 Å². The first-order valence-electron chi connectivity index (χ1n) is 6.67. The summed E-state index contributed by atoms with van der Waals surface area (Å²) < 4.78 is 13.4. The highest BCUT2D eigenvalue weighted by molar-refractivity contribution is 7.98. The van der Waals surface area contributed by atoms with Gasteiger partial charge in [-0.3, -0.25) is 0 Å². The van der Waals surface area contributed by atoms with E-state index in [1.54, 1.807) is 17.8 Å². The molecule has 0 saturated heterocycles. The van der Waals surface area contributed by atoms with Crippen LogP contribution in [0.25, 0.3) is 0 Å². The number of carbonyl (C=O) groups is 1. The maximum atomic E-state index is 13.4. The molecular formula is C14H20ClFN2O2S. The second kappa shape index (κ2) is 9.87. The summed E-state index contributed by atoms with van der Waals surface area (Å²) >= 11 is 7.37. The third kappa shape index (κ3) is 6.54. The van der Waals surface area contributed by atoms with Crippen LogP contribution in [0.15, 0.2) is 18.2 Å². The van der Waals surface area contributed by atoms with Gasteiger partial charge in [-0.1, -0.05) is 17.7 Å². The number of thioether (sulfide) groups is 1. The first-order valence-corrected chi connectivity index (χ1v) is 8.44. The van der Waals surface area contributed by atoms with Crippen LogP contribution >= 0.6 is 23.4 Å². The van der Waals surface area contributed by atoms with Crippen LogP contribution in [0, 0.1) is 5.82 Å². The van der Waals surface area contributed by atoms with Crippen molar-refractivity contribution in [3.8, 4) is 0 Å². The van der Waals surface area contributed by atoms with Crippen molar-refractivity contribution in [2.24, 2.45) is 0 Å². The average molecular weight is 335 g/mol. The number of halogens is 2. The summed E-state index contributed by atoms with van der Waals surface area (Å²) in [6.45, 7) is 0.250. The van der Waals surface area contributed by atoms with Gasteiger partial charge >= 0.3 is 6.03 Å². The minimum absolute atomic E-state index is 0.00804. The van der Waals surface area contributed by atoms with Gasteiger partial charge in [0, 0.05) is 6.54 Å². The van der Waals surface area contributed by atoms with Gasteiger partial charge in [0.25, 0.3) is 0 Å². The lowest BCUT2D eigenvalue weighted by Crippen LogP contribution is -2.39. The molecule has 0 aromatic heterocycles. The van der Waals surface area contributed by atoms with Crippen LogP contribution in [0.4, 0.5) is 9.18 Å². The van der Waals surface area contributed by atoms with E-state index in [-0.39, 0.29) is 17.7 Å². The molecule has 4 nitrogen and oxygen atoms in total. The molecule has 2 amide bonds. The predicted molar refractivity (Wildman–Crippen MR) is 85.4 cm³/mol. The Bertz CT molecular complexity index is 463. The van der Waals surface area contributed by atoms with Gasteiger partial charge in [-0.15, -0.1) is 0 Å². The second-order valence-electron chi connectivity index (χ2n) is 4.51. The minimum atomic E-state index is -0.664. The molecule has 21 heavy (non-hydrogen) atoms. The van der Waals surface area contributed by atoms with E-state index in [0.717, 1.165) is 18.6 Å². The maximum absolute atomic E-state index is 13.4. The molecule has 0 spiro atoms. The number of aliphatic hydroxyl groups is 1. The van der Waals surface area contributed by atoms with E-state index >= 15 is 0 Å². The van der Waals surface area contributed by atoms with E-state index in [1.807, 2.05) is 6.26 Å². The Kier molecular flexibility index (Phi) is 8.49. The Morgan fingerprint density at radius 1 is 1.48 bits per heavy atom. The standard InChI is InChI=1S/C14H20ClFN2O2S/c1-21-7-3-2-6-17-14(20)18-13(9-19)10-4-5-11(15)12(16)8-10/h4-5,8,13,19H,2-3,6-7,9H2,1H3,(H2,17,18,20). The number of hydrogen-bond acceptors (Lipinski definition) is 3. The molecule has 0 radical (unpaired) electrons.